The van der Waals surface area contributed by atoms with Crippen LogP contribution in [0.2, 0.25) is 0 Å². The number of amides is 1. The molecule has 2 N–H and O–H groups in total. The van der Waals surface area contributed by atoms with Gasteiger partial charge in [0, 0.05) is 24.1 Å². The number of nitrogens with zero attached hydrogens (tertiary/aromatic N) is 2. The molecule has 0 saturated heterocycles. The number of hydrogen-bond acceptors (Lipinski definition) is 5. The van der Waals surface area contributed by atoms with E-state index in [1.54, 1.807) is 4.72 Å². The van der Waals surface area contributed by atoms with Crippen molar-refractivity contribution in [3.8, 4) is 5.69 Å². The van der Waals surface area contributed by atoms with E-state index in [-0.39, 0.29) is 16.1 Å². The summed E-state index contributed by atoms with van der Waals surface area (Å²) in [5.41, 5.74) is 1.45. The number of nitrogens with one attached hydrogen (secondary N) is 1. The van der Waals surface area contributed by atoms with Crippen LogP contribution in [0.25, 0.3) is 5.69 Å². The molecule has 1 heterocycles. The molecule has 1 unspecified atom stereocenters. The molecule has 1 aromatic heterocycles. The molecule has 4 rings (SSSR count). The number of hydrogen-bond donors (Lipinski definition) is 2. The first-order valence-electron chi connectivity index (χ1n) is 11.4. The van der Waals surface area contributed by atoms with Crippen LogP contribution in [0.4, 0.5) is 13.2 Å². The van der Waals surface area contributed by atoms with Crippen molar-refractivity contribution in [1.82, 2.24) is 14.5 Å². The Morgan fingerprint density at radius 2 is 1.86 bits per heavy atom. The number of sulfonamides is 1. The predicted octanol–water partition coefficient (Wildman–Crippen LogP) is 4.47. The van der Waals surface area contributed by atoms with Crippen LogP contribution in [-0.4, -0.2) is 35.2 Å². The van der Waals surface area contributed by atoms with Crippen LogP contribution >= 0.6 is 0 Å². The summed E-state index contributed by atoms with van der Waals surface area (Å²) in [6.07, 6.45) is 3.53. The van der Waals surface area contributed by atoms with Gasteiger partial charge in [-0.05, 0) is 61.9 Å². The monoisotopic (exact) mass is 523 g/mol. The smallest absolute Gasteiger partial charge is 0.435 e. The number of carbonyl (C=O) groups is 2. The summed E-state index contributed by atoms with van der Waals surface area (Å²) >= 11 is 0. The first-order chi connectivity index (χ1) is 17.0. The maximum Gasteiger partial charge on any atom is 0.435 e. The molecule has 0 spiro atoms. The lowest BCUT2D eigenvalue weighted by Crippen LogP contribution is -2.30. The largest absolute Gasteiger partial charge is 0.481 e. The molecular weight excluding hydrogens is 499 g/mol. The van der Waals surface area contributed by atoms with Crippen LogP contribution in [0.5, 0.6) is 0 Å². The Morgan fingerprint density at radius 1 is 1.14 bits per heavy atom. The fourth-order valence-electron chi connectivity index (χ4n) is 4.61. The molecule has 0 aliphatic heterocycles. The van der Waals surface area contributed by atoms with Gasteiger partial charge in [0.25, 0.3) is 10.0 Å². The van der Waals surface area contributed by atoms with Crippen LogP contribution in [0, 0.1) is 0 Å². The number of rotatable bonds is 7. The quantitative estimate of drug-likeness (QED) is 0.553. The van der Waals surface area contributed by atoms with Gasteiger partial charge in [-0.3, -0.25) is 9.59 Å². The van der Waals surface area contributed by atoms with E-state index >= 15 is 0 Å². The minimum Gasteiger partial charge on any atom is -0.481 e. The predicted molar refractivity (Wildman–Crippen MR) is 123 cm³/mol. The average Bonchev–Trinajstić information content (AvgIpc) is 3.28. The van der Waals surface area contributed by atoms with Crippen molar-refractivity contribution in [3.63, 3.8) is 0 Å². The molecule has 2 aromatic rings. The molecule has 0 fully saturated rings. The van der Waals surface area contributed by atoms with Crippen LogP contribution in [0.1, 0.15) is 62.1 Å². The zero-order chi connectivity index (χ0) is 26.1. The molecular formula is C24H24F3N3O5S. The van der Waals surface area contributed by atoms with Crippen LogP contribution < -0.4 is 4.72 Å². The Hall–Kier alpha value is -3.41. The lowest BCUT2D eigenvalue weighted by molar-refractivity contribution is -0.142. The van der Waals surface area contributed by atoms with Crippen LogP contribution in [0.3, 0.4) is 0 Å². The van der Waals surface area contributed by atoms with Crippen molar-refractivity contribution in [2.45, 2.75) is 61.9 Å². The Balaban J connectivity index is 1.62. The highest BCUT2D eigenvalue weighted by atomic mass is 32.2. The Morgan fingerprint density at radius 3 is 2.53 bits per heavy atom. The van der Waals surface area contributed by atoms with Crippen molar-refractivity contribution in [2.24, 2.45) is 0 Å². The van der Waals surface area contributed by atoms with E-state index in [1.165, 1.54) is 23.9 Å². The second-order valence-electron chi connectivity index (χ2n) is 8.74. The number of benzene rings is 1. The summed E-state index contributed by atoms with van der Waals surface area (Å²) in [5, 5.41) is 12.4. The standard InChI is InChI=1S/C24H24F3N3O5S/c25-24(26,27)23-20(19-7-3-5-15-4-1-2-6-18(15)19)14-30(28-23)16-8-10-17(11-9-16)36(34,35)29-21(31)12-13-22(32)33/h2,6,8-11,14,19H,1,3-5,7,12-13H2,(H,29,31)(H,32,33). The summed E-state index contributed by atoms with van der Waals surface area (Å²) < 4.78 is 69.5. The van der Waals surface area contributed by atoms with Gasteiger partial charge in [-0.25, -0.2) is 17.8 Å². The van der Waals surface area contributed by atoms with Crippen molar-refractivity contribution < 1.29 is 36.3 Å². The summed E-state index contributed by atoms with van der Waals surface area (Å²) in [4.78, 5) is 22.0. The molecule has 192 valence electrons. The zero-order valence-electron chi connectivity index (χ0n) is 19.1. The average molecular weight is 524 g/mol. The molecule has 8 nitrogen and oxygen atoms in total. The molecule has 1 atom stereocenters. The fourth-order valence-corrected chi connectivity index (χ4v) is 5.63. The zero-order valence-corrected chi connectivity index (χ0v) is 19.9. The highest BCUT2D eigenvalue weighted by Gasteiger charge is 2.40. The van der Waals surface area contributed by atoms with E-state index < -0.39 is 52.5 Å². The molecule has 0 bridgehead atoms. The SMILES string of the molecule is O=C(O)CCC(=O)NS(=O)(=O)c1ccc(-n2cc(C3CCCC4=C3C=CCC4)c(C(F)(F)F)n2)cc1. The van der Waals surface area contributed by atoms with Gasteiger partial charge in [-0.2, -0.15) is 18.3 Å². The summed E-state index contributed by atoms with van der Waals surface area (Å²) in [6, 6.07) is 4.86. The third-order valence-corrected chi connectivity index (χ3v) is 7.67. The Kier molecular flexibility index (Phi) is 7.07. The van der Waals surface area contributed by atoms with Crippen molar-refractivity contribution in [3.05, 3.63) is 65.0 Å². The highest BCUT2D eigenvalue weighted by Crippen LogP contribution is 2.45. The third kappa shape index (κ3) is 5.53. The molecule has 1 amide bonds. The number of carbonyl (C=O) groups excluding carboxylic acids is 1. The van der Waals surface area contributed by atoms with Crippen LogP contribution in [-0.2, 0) is 25.8 Å². The second kappa shape index (κ2) is 9.92. The van der Waals surface area contributed by atoms with Gasteiger partial charge in [-0.15, -0.1) is 0 Å². The van der Waals surface area contributed by atoms with Gasteiger partial charge in [0.15, 0.2) is 5.69 Å². The fraction of sp³-hybridized carbons (Fsp3) is 0.375. The van der Waals surface area contributed by atoms with Crippen LogP contribution in [0.15, 0.2) is 58.7 Å². The van der Waals surface area contributed by atoms with Gasteiger partial charge in [0.05, 0.1) is 17.0 Å². The number of alkyl halides is 3. The highest BCUT2D eigenvalue weighted by molar-refractivity contribution is 7.90. The van der Waals surface area contributed by atoms with Gasteiger partial charge in [0.1, 0.15) is 0 Å². The van der Waals surface area contributed by atoms with E-state index in [9.17, 15) is 31.2 Å². The minimum absolute atomic E-state index is 0.0867. The molecule has 2 aliphatic carbocycles. The maximum absolute atomic E-state index is 13.9. The number of aromatic nitrogens is 2. The van der Waals surface area contributed by atoms with Crippen molar-refractivity contribution in [1.29, 1.82) is 0 Å². The van der Waals surface area contributed by atoms with E-state index in [4.69, 9.17) is 5.11 Å². The molecule has 0 saturated carbocycles. The number of halogens is 3. The lowest BCUT2D eigenvalue weighted by atomic mass is 9.76. The topological polar surface area (TPSA) is 118 Å². The Bertz CT molecular complexity index is 1340. The first kappa shape index (κ1) is 25.7. The number of carboxylic acids is 1. The molecule has 36 heavy (non-hydrogen) atoms. The van der Waals surface area contributed by atoms with Crippen molar-refractivity contribution in [2.75, 3.05) is 0 Å². The molecule has 0 radical (unpaired) electrons. The summed E-state index contributed by atoms with van der Waals surface area (Å²) in [5.74, 6) is -2.65. The van der Waals surface area contributed by atoms with E-state index in [0.717, 1.165) is 48.1 Å². The van der Waals surface area contributed by atoms with Gasteiger partial charge >= 0.3 is 12.1 Å². The van der Waals surface area contributed by atoms with Gasteiger partial charge in [0.2, 0.25) is 5.91 Å². The maximum atomic E-state index is 13.9. The number of carboxylic acid groups (broad SMARTS) is 1. The van der Waals surface area contributed by atoms with E-state index in [2.05, 4.69) is 5.10 Å². The number of allylic oxidation sites excluding steroid dienone is 4. The normalized spacial score (nSPS) is 18.1. The lowest BCUT2D eigenvalue weighted by Gasteiger charge is -2.29. The molecule has 1 aromatic carbocycles. The first-order valence-corrected chi connectivity index (χ1v) is 12.9. The Labute approximate surface area is 205 Å². The van der Waals surface area contributed by atoms with E-state index in [1.807, 2.05) is 12.2 Å². The van der Waals surface area contributed by atoms with Gasteiger partial charge in [-0.1, -0.05) is 17.7 Å². The van der Waals surface area contributed by atoms with Gasteiger partial charge < -0.3 is 5.11 Å². The second-order valence-corrected chi connectivity index (χ2v) is 10.4. The number of aliphatic carboxylic acids is 1. The van der Waals surface area contributed by atoms with E-state index in [0.29, 0.717) is 6.42 Å². The molecule has 2 aliphatic rings. The minimum atomic E-state index is -4.67. The summed E-state index contributed by atoms with van der Waals surface area (Å²) in [6.45, 7) is 0. The third-order valence-electron chi connectivity index (χ3n) is 6.28. The van der Waals surface area contributed by atoms with Crippen molar-refractivity contribution >= 4 is 21.9 Å². The summed E-state index contributed by atoms with van der Waals surface area (Å²) in [7, 11) is -4.28. The molecule has 12 heteroatoms.